The van der Waals surface area contributed by atoms with Crippen molar-refractivity contribution in [3.8, 4) is 0 Å². The van der Waals surface area contributed by atoms with E-state index >= 15 is 0 Å². The molecule has 0 aliphatic rings. The number of aromatic nitrogens is 3. The molecule has 0 fully saturated rings. The summed E-state index contributed by atoms with van der Waals surface area (Å²) in [6, 6.07) is 7.77. The van der Waals surface area contributed by atoms with E-state index in [2.05, 4.69) is 10.2 Å². The van der Waals surface area contributed by atoms with Gasteiger partial charge in [0, 0.05) is 24.2 Å². The van der Waals surface area contributed by atoms with Crippen LogP contribution in [0.25, 0.3) is 21.8 Å². The average molecular weight is 242 g/mol. The molecule has 0 spiro atoms. The first-order valence-electron chi connectivity index (χ1n) is 5.90. The lowest BCUT2D eigenvalue weighted by Gasteiger charge is -2.09. The monoisotopic (exact) mass is 242 g/mol. The van der Waals surface area contributed by atoms with Gasteiger partial charge >= 0.3 is 0 Å². The molecule has 5 heteroatoms. The summed E-state index contributed by atoms with van der Waals surface area (Å²) in [7, 11) is 0. The zero-order chi connectivity index (χ0) is 12.7. The van der Waals surface area contributed by atoms with Crippen molar-refractivity contribution in [2.75, 3.05) is 6.54 Å². The van der Waals surface area contributed by atoms with Crippen molar-refractivity contribution in [1.82, 2.24) is 14.8 Å². The van der Waals surface area contributed by atoms with Gasteiger partial charge in [0.25, 0.3) is 5.56 Å². The van der Waals surface area contributed by atoms with Crippen LogP contribution in [0.1, 0.15) is 5.69 Å². The van der Waals surface area contributed by atoms with E-state index in [9.17, 15) is 4.79 Å². The molecule has 3 rings (SSSR count). The van der Waals surface area contributed by atoms with E-state index in [0.29, 0.717) is 18.5 Å². The second kappa shape index (κ2) is 3.96. The number of nitrogens with zero attached hydrogens (tertiary/aromatic N) is 2. The molecule has 0 atom stereocenters. The van der Waals surface area contributed by atoms with Crippen LogP contribution in [0.3, 0.4) is 0 Å². The van der Waals surface area contributed by atoms with Gasteiger partial charge in [-0.1, -0.05) is 18.2 Å². The number of hydrogen-bond donors (Lipinski definition) is 2. The van der Waals surface area contributed by atoms with Crippen LogP contribution >= 0.6 is 0 Å². The van der Waals surface area contributed by atoms with E-state index in [1.54, 1.807) is 4.57 Å². The molecular formula is C13H14N4O. The van der Waals surface area contributed by atoms with Gasteiger partial charge in [0.05, 0.1) is 10.9 Å². The molecule has 0 radical (unpaired) electrons. The number of aromatic amines is 1. The number of hydrogen-bond acceptors (Lipinski definition) is 3. The topological polar surface area (TPSA) is 76.7 Å². The first-order valence-corrected chi connectivity index (χ1v) is 5.90. The molecule has 0 bridgehead atoms. The Morgan fingerprint density at radius 3 is 2.94 bits per heavy atom. The Kier molecular flexibility index (Phi) is 2.41. The number of para-hydroxylation sites is 1. The molecule has 0 amide bonds. The van der Waals surface area contributed by atoms with E-state index in [1.165, 1.54) is 0 Å². The Labute approximate surface area is 103 Å². The minimum Gasteiger partial charge on any atom is -0.329 e. The lowest BCUT2D eigenvalue weighted by Crippen LogP contribution is -2.24. The van der Waals surface area contributed by atoms with Crippen LogP contribution in [0.5, 0.6) is 0 Å². The van der Waals surface area contributed by atoms with Gasteiger partial charge in [0.15, 0.2) is 0 Å². The fourth-order valence-corrected chi connectivity index (χ4v) is 2.39. The molecule has 2 aromatic heterocycles. The number of nitrogens with two attached hydrogens (primary N) is 1. The number of nitrogens with one attached hydrogen (secondary N) is 1. The number of benzene rings is 1. The highest BCUT2D eigenvalue weighted by atomic mass is 16.1. The number of H-pyrrole nitrogens is 1. The molecule has 3 aromatic rings. The average Bonchev–Trinajstić information content (AvgIpc) is 2.77. The minimum absolute atomic E-state index is 0.0274. The maximum atomic E-state index is 12.5. The molecule has 18 heavy (non-hydrogen) atoms. The second-order valence-electron chi connectivity index (χ2n) is 4.33. The molecule has 0 saturated heterocycles. The van der Waals surface area contributed by atoms with E-state index < -0.39 is 0 Å². The minimum atomic E-state index is -0.0274. The lowest BCUT2D eigenvalue weighted by atomic mass is 10.1. The fourth-order valence-electron chi connectivity index (χ4n) is 2.39. The smallest absolute Gasteiger partial charge is 0.262 e. The maximum Gasteiger partial charge on any atom is 0.262 e. The summed E-state index contributed by atoms with van der Waals surface area (Å²) in [6.45, 7) is 2.81. The molecule has 5 nitrogen and oxygen atoms in total. The fraction of sp³-hybridized carbons (Fsp3) is 0.231. The number of fused-ring (bicyclic) bond motifs is 3. The Morgan fingerprint density at radius 2 is 2.17 bits per heavy atom. The normalized spacial score (nSPS) is 11.4. The number of aryl methyl sites for hydroxylation is 1. The van der Waals surface area contributed by atoms with Crippen molar-refractivity contribution in [1.29, 1.82) is 0 Å². The second-order valence-corrected chi connectivity index (χ2v) is 4.33. The lowest BCUT2D eigenvalue weighted by molar-refractivity contribution is 0.712. The van der Waals surface area contributed by atoms with Gasteiger partial charge in [-0.15, -0.1) is 0 Å². The third-order valence-electron chi connectivity index (χ3n) is 3.21. The van der Waals surface area contributed by atoms with Crippen LogP contribution in [0.15, 0.2) is 29.1 Å². The molecule has 2 heterocycles. The van der Waals surface area contributed by atoms with Crippen LogP contribution < -0.4 is 11.3 Å². The Morgan fingerprint density at radius 1 is 1.39 bits per heavy atom. The largest absolute Gasteiger partial charge is 0.329 e. The van der Waals surface area contributed by atoms with E-state index in [0.717, 1.165) is 22.1 Å². The highest BCUT2D eigenvalue weighted by Gasteiger charge is 2.14. The quantitative estimate of drug-likeness (QED) is 0.707. The van der Waals surface area contributed by atoms with Gasteiger partial charge in [-0.2, -0.15) is 5.10 Å². The summed E-state index contributed by atoms with van der Waals surface area (Å²) >= 11 is 0. The molecule has 3 N–H and O–H groups in total. The van der Waals surface area contributed by atoms with Gasteiger partial charge in [-0.3, -0.25) is 9.89 Å². The van der Waals surface area contributed by atoms with Crippen LogP contribution in [0, 0.1) is 6.92 Å². The summed E-state index contributed by atoms with van der Waals surface area (Å²) in [6.07, 6.45) is 0. The third kappa shape index (κ3) is 1.37. The van der Waals surface area contributed by atoms with E-state index in [-0.39, 0.29) is 5.56 Å². The van der Waals surface area contributed by atoms with E-state index in [4.69, 9.17) is 5.73 Å². The van der Waals surface area contributed by atoms with Crippen molar-refractivity contribution < 1.29 is 0 Å². The SMILES string of the molecule is Cc1[nH]nc2c1c(=O)n(CCN)c1ccccc21. The molecule has 1 aromatic carbocycles. The van der Waals surface area contributed by atoms with Gasteiger partial charge in [-0.25, -0.2) is 0 Å². The predicted molar refractivity (Wildman–Crippen MR) is 71.7 cm³/mol. The Balaban J connectivity index is 2.59. The summed E-state index contributed by atoms with van der Waals surface area (Å²) < 4.78 is 1.72. The third-order valence-corrected chi connectivity index (χ3v) is 3.21. The van der Waals surface area contributed by atoms with Crippen LogP contribution in [0.4, 0.5) is 0 Å². The first kappa shape index (κ1) is 11.0. The zero-order valence-electron chi connectivity index (χ0n) is 10.1. The standard InChI is InChI=1S/C13H14N4O/c1-8-11-12(16-15-8)9-4-2-3-5-10(9)17(7-6-14)13(11)18/h2-5H,6-7,14H2,1H3,(H,15,16). The maximum absolute atomic E-state index is 12.5. The predicted octanol–water partition coefficient (Wildman–Crippen LogP) is 1.14. The first-order chi connectivity index (χ1) is 8.74. The highest BCUT2D eigenvalue weighted by molar-refractivity contribution is 6.03. The van der Waals surface area contributed by atoms with E-state index in [1.807, 2.05) is 31.2 Å². The molecule has 92 valence electrons. The summed E-state index contributed by atoms with van der Waals surface area (Å²) in [5.74, 6) is 0. The molecule has 0 aliphatic heterocycles. The van der Waals surface area contributed by atoms with Gasteiger partial charge < -0.3 is 10.3 Å². The van der Waals surface area contributed by atoms with Crippen molar-refractivity contribution in [3.63, 3.8) is 0 Å². The highest BCUT2D eigenvalue weighted by Crippen LogP contribution is 2.22. The molecule has 0 aliphatic carbocycles. The Bertz CT molecular complexity index is 785. The number of pyridine rings is 1. The summed E-state index contributed by atoms with van der Waals surface area (Å²) in [5.41, 5.74) is 7.98. The molecule has 0 saturated carbocycles. The van der Waals surface area contributed by atoms with Gasteiger partial charge in [0.1, 0.15) is 5.52 Å². The van der Waals surface area contributed by atoms with Gasteiger partial charge in [-0.05, 0) is 13.0 Å². The Hall–Kier alpha value is -2.14. The molecular weight excluding hydrogens is 228 g/mol. The molecule has 0 unspecified atom stereocenters. The summed E-state index contributed by atoms with van der Waals surface area (Å²) in [4.78, 5) is 12.5. The number of rotatable bonds is 2. The summed E-state index contributed by atoms with van der Waals surface area (Å²) in [5, 5.41) is 8.75. The van der Waals surface area contributed by atoms with Crippen molar-refractivity contribution in [2.24, 2.45) is 5.73 Å². The van der Waals surface area contributed by atoms with Crippen LogP contribution in [-0.2, 0) is 6.54 Å². The van der Waals surface area contributed by atoms with Crippen LogP contribution in [0.2, 0.25) is 0 Å². The zero-order valence-corrected chi connectivity index (χ0v) is 10.1. The van der Waals surface area contributed by atoms with Crippen LogP contribution in [-0.4, -0.2) is 21.3 Å². The van der Waals surface area contributed by atoms with Gasteiger partial charge in [0.2, 0.25) is 0 Å². The van der Waals surface area contributed by atoms with Crippen molar-refractivity contribution >= 4 is 21.8 Å². The van der Waals surface area contributed by atoms with Crippen molar-refractivity contribution in [2.45, 2.75) is 13.5 Å². The van der Waals surface area contributed by atoms with Crippen molar-refractivity contribution in [3.05, 3.63) is 40.3 Å².